The topological polar surface area (TPSA) is 59.0 Å². The number of carboxylic acids is 1. The van der Waals surface area contributed by atoms with Gasteiger partial charge in [0.05, 0.1) is 12.0 Å². The van der Waals surface area contributed by atoms with Crippen LogP contribution in [0.1, 0.15) is 31.2 Å². The molecule has 3 rings (SSSR count). The van der Waals surface area contributed by atoms with E-state index in [9.17, 15) is 4.79 Å². The van der Waals surface area contributed by atoms with E-state index in [4.69, 9.17) is 14.6 Å². The smallest absolute Gasteiger partial charge is 0.307 e. The Hall–Kier alpha value is -1.59. The Balaban J connectivity index is 1.47. The van der Waals surface area contributed by atoms with Gasteiger partial charge in [0, 0.05) is 19.7 Å². The quantitative estimate of drug-likeness (QED) is 0.873. The zero-order valence-corrected chi connectivity index (χ0v) is 13.4. The van der Waals surface area contributed by atoms with Crippen molar-refractivity contribution in [2.75, 3.05) is 26.3 Å². The van der Waals surface area contributed by atoms with Crippen LogP contribution in [0.2, 0.25) is 0 Å². The second-order valence-corrected chi connectivity index (χ2v) is 6.50. The van der Waals surface area contributed by atoms with Crippen molar-refractivity contribution < 1.29 is 19.4 Å². The molecule has 5 nitrogen and oxygen atoms in total. The minimum Gasteiger partial charge on any atom is -0.491 e. The second-order valence-electron chi connectivity index (χ2n) is 6.50. The highest BCUT2D eigenvalue weighted by atomic mass is 16.5. The van der Waals surface area contributed by atoms with E-state index in [0.717, 1.165) is 51.1 Å². The standard InChI is InChI=1S/C18H25NO4/c20-18(21)15-3-1-9-19(12-15)11-14-5-7-16(8-6-14)23-13-17-4-2-10-22-17/h5-8,15,17H,1-4,9-13H2,(H,20,21). The first-order valence-electron chi connectivity index (χ1n) is 8.49. The molecule has 0 radical (unpaired) electrons. The first kappa shape index (κ1) is 16.3. The van der Waals surface area contributed by atoms with Gasteiger partial charge in [-0.15, -0.1) is 0 Å². The van der Waals surface area contributed by atoms with E-state index in [2.05, 4.69) is 17.0 Å². The third-order valence-electron chi connectivity index (χ3n) is 4.64. The van der Waals surface area contributed by atoms with Gasteiger partial charge in [0.15, 0.2) is 0 Å². The molecular weight excluding hydrogens is 294 g/mol. The van der Waals surface area contributed by atoms with Gasteiger partial charge in [-0.2, -0.15) is 0 Å². The summed E-state index contributed by atoms with van der Waals surface area (Å²) < 4.78 is 11.3. The third kappa shape index (κ3) is 4.69. The minimum absolute atomic E-state index is 0.224. The molecule has 1 N–H and O–H groups in total. The highest BCUT2D eigenvalue weighted by Gasteiger charge is 2.25. The number of ether oxygens (including phenoxy) is 2. The molecule has 2 unspecified atom stereocenters. The van der Waals surface area contributed by atoms with Crippen molar-refractivity contribution in [1.29, 1.82) is 0 Å². The molecule has 0 bridgehead atoms. The van der Waals surface area contributed by atoms with E-state index in [0.29, 0.717) is 13.2 Å². The van der Waals surface area contributed by atoms with Gasteiger partial charge in [-0.05, 0) is 49.9 Å². The Bertz CT molecular complexity index is 510. The maximum atomic E-state index is 11.1. The van der Waals surface area contributed by atoms with Gasteiger partial charge in [0.25, 0.3) is 0 Å². The van der Waals surface area contributed by atoms with Crippen LogP contribution < -0.4 is 4.74 Å². The van der Waals surface area contributed by atoms with Crippen molar-refractivity contribution in [2.45, 2.75) is 38.3 Å². The summed E-state index contributed by atoms with van der Waals surface area (Å²) in [6, 6.07) is 8.11. The maximum absolute atomic E-state index is 11.1. The first-order valence-corrected chi connectivity index (χ1v) is 8.49. The van der Waals surface area contributed by atoms with Gasteiger partial charge in [-0.1, -0.05) is 12.1 Å². The fraction of sp³-hybridized carbons (Fsp3) is 0.611. The summed E-state index contributed by atoms with van der Waals surface area (Å²) in [4.78, 5) is 13.4. The number of hydrogen-bond acceptors (Lipinski definition) is 4. The number of carbonyl (C=O) groups is 1. The minimum atomic E-state index is -0.674. The van der Waals surface area contributed by atoms with E-state index in [1.165, 1.54) is 5.56 Å². The second kappa shape index (κ2) is 7.79. The molecule has 2 aliphatic heterocycles. The van der Waals surface area contributed by atoms with Crippen LogP contribution in [0, 0.1) is 5.92 Å². The molecule has 0 amide bonds. The van der Waals surface area contributed by atoms with E-state index in [1.807, 2.05) is 12.1 Å². The predicted octanol–water partition coefficient (Wildman–Crippen LogP) is 2.54. The predicted molar refractivity (Wildman–Crippen MR) is 86.5 cm³/mol. The molecule has 0 saturated carbocycles. The highest BCUT2D eigenvalue weighted by Crippen LogP contribution is 2.21. The van der Waals surface area contributed by atoms with Gasteiger partial charge in [-0.25, -0.2) is 0 Å². The molecule has 0 aliphatic carbocycles. The van der Waals surface area contributed by atoms with Gasteiger partial charge < -0.3 is 14.6 Å². The van der Waals surface area contributed by atoms with Crippen molar-refractivity contribution in [3.05, 3.63) is 29.8 Å². The normalized spacial score (nSPS) is 25.4. The van der Waals surface area contributed by atoms with Crippen LogP contribution in [0.3, 0.4) is 0 Å². The van der Waals surface area contributed by atoms with E-state index >= 15 is 0 Å². The molecular formula is C18H25NO4. The van der Waals surface area contributed by atoms with Crippen LogP contribution in [0.15, 0.2) is 24.3 Å². The van der Waals surface area contributed by atoms with Gasteiger partial charge >= 0.3 is 5.97 Å². The van der Waals surface area contributed by atoms with Crippen molar-refractivity contribution in [3.8, 4) is 5.75 Å². The summed E-state index contributed by atoms with van der Waals surface area (Å²) in [7, 11) is 0. The molecule has 2 aliphatic rings. The first-order chi connectivity index (χ1) is 11.2. The molecule has 5 heteroatoms. The highest BCUT2D eigenvalue weighted by molar-refractivity contribution is 5.70. The molecule has 23 heavy (non-hydrogen) atoms. The largest absolute Gasteiger partial charge is 0.491 e. The number of carboxylic acid groups (broad SMARTS) is 1. The zero-order valence-electron chi connectivity index (χ0n) is 13.4. The van der Waals surface area contributed by atoms with Crippen LogP contribution in [-0.4, -0.2) is 48.4 Å². The van der Waals surface area contributed by atoms with E-state index < -0.39 is 5.97 Å². The molecule has 2 fully saturated rings. The molecule has 2 saturated heterocycles. The average Bonchev–Trinajstić information content (AvgIpc) is 3.08. The SMILES string of the molecule is O=C(O)C1CCCN(Cc2ccc(OCC3CCCO3)cc2)C1. The Kier molecular flexibility index (Phi) is 5.51. The van der Waals surface area contributed by atoms with Crippen LogP contribution in [-0.2, 0) is 16.1 Å². The van der Waals surface area contributed by atoms with Crippen LogP contribution >= 0.6 is 0 Å². The van der Waals surface area contributed by atoms with Crippen molar-refractivity contribution in [1.82, 2.24) is 4.90 Å². The molecule has 2 heterocycles. The fourth-order valence-electron chi connectivity index (χ4n) is 3.31. The number of rotatable bonds is 6. The van der Waals surface area contributed by atoms with Crippen LogP contribution in [0.4, 0.5) is 0 Å². The molecule has 1 aromatic carbocycles. The Labute approximate surface area is 137 Å². The number of nitrogens with zero attached hydrogens (tertiary/aromatic N) is 1. The molecule has 0 aromatic heterocycles. The summed E-state index contributed by atoms with van der Waals surface area (Å²) in [6.45, 7) is 3.88. The van der Waals surface area contributed by atoms with E-state index in [-0.39, 0.29) is 12.0 Å². The van der Waals surface area contributed by atoms with Gasteiger partial charge in [-0.3, -0.25) is 9.69 Å². The summed E-state index contributed by atoms with van der Waals surface area (Å²) in [5.41, 5.74) is 1.19. The van der Waals surface area contributed by atoms with E-state index in [1.54, 1.807) is 0 Å². The zero-order chi connectivity index (χ0) is 16.1. The van der Waals surface area contributed by atoms with Crippen molar-refractivity contribution >= 4 is 5.97 Å². The molecule has 1 aromatic rings. The lowest BCUT2D eigenvalue weighted by Gasteiger charge is -2.30. The summed E-state index contributed by atoms with van der Waals surface area (Å²) in [5, 5.41) is 9.15. The van der Waals surface area contributed by atoms with Gasteiger partial charge in [0.1, 0.15) is 12.4 Å². The molecule has 2 atom stereocenters. The number of piperidine rings is 1. The van der Waals surface area contributed by atoms with Crippen molar-refractivity contribution in [3.63, 3.8) is 0 Å². The van der Waals surface area contributed by atoms with Crippen LogP contribution in [0.25, 0.3) is 0 Å². The molecule has 126 valence electrons. The Morgan fingerprint density at radius 1 is 1.26 bits per heavy atom. The third-order valence-corrected chi connectivity index (χ3v) is 4.64. The fourth-order valence-corrected chi connectivity index (χ4v) is 3.31. The Morgan fingerprint density at radius 2 is 2.09 bits per heavy atom. The average molecular weight is 319 g/mol. The maximum Gasteiger partial charge on any atom is 0.307 e. The Morgan fingerprint density at radius 3 is 2.78 bits per heavy atom. The number of aliphatic carboxylic acids is 1. The van der Waals surface area contributed by atoms with Crippen LogP contribution in [0.5, 0.6) is 5.75 Å². The monoisotopic (exact) mass is 319 g/mol. The molecule has 0 spiro atoms. The summed E-state index contributed by atoms with van der Waals surface area (Å²) in [5.74, 6) is -0.0309. The number of benzene rings is 1. The lowest BCUT2D eigenvalue weighted by atomic mass is 9.98. The summed E-state index contributed by atoms with van der Waals surface area (Å²) >= 11 is 0. The number of likely N-dealkylation sites (tertiary alicyclic amines) is 1. The lowest BCUT2D eigenvalue weighted by Crippen LogP contribution is -2.38. The number of hydrogen-bond donors (Lipinski definition) is 1. The lowest BCUT2D eigenvalue weighted by molar-refractivity contribution is -0.143. The van der Waals surface area contributed by atoms with Gasteiger partial charge in [0.2, 0.25) is 0 Å². The van der Waals surface area contributed by atoms with Crippen molar-refractivity contribution in [2.24, 2.45) is 5.92 Å². The summed E-state index contributed by atoms with van der Waals surface area (Å²) in [6.07, 6.45) is 4.19.